The Labute approximate surface area is 482 Å². The van der Waals surface area contributed by atoms with Crippen molar-refractivity contribution in [1.29, 1.82) is 0 Å². The van der Waals surface area contributed by atoms with Gasteiger partial charge >= 0.3 is 0 Å². The van der Waals surface area contributed by atoms with E-state index in [1.54, 1.807) is 5.56 Å². The van der Waals surface area contributed by atoms with Crippen molar-refractivity contribution in [3.63, 3.8) is 0 Å². The van der Waals surface area contributed by atoms with Gasteiger partial charge in [-0.3, -0.25) is 14.8 Å². The van der Waals surface area contributed by atoms with Gasteiger partial charge in [-0.15, -0.1) is 0 Å². The second-order valence-corrected chi connectivity index (χ2v) is 25.0. The fourth-order valence-electron chi connectivity index (χ4n) is 9.19. The number of piperidine rings is 1. The quantitative estimate of drug-likeness (QED) is 0.274. The average Bonchev–Trinajstić information content (AvgIpc) is 4.19. The summed E-state index contributed by atoms with van der Waals surface area (Å²) < 4.78 is 5.25. The van der Waals surface area contributed by atoms with Crippen molar-refractivity contribution in [2.24, 2.45) is 22.7 Å². The molecule has 4 aliphatic heterocycles. The minimum absolute atomic E-state index is 0.253. The van der Waals surface area contributed by atoms with Crippen LogP contribution < -0.4 is 10.6 Å². The number of likely N-dealkylation sites (tertiary alicyclic amines) is 1. The highest BCUT2D eigenvalue weighted by atomic mass is 16.5. The molecule has 5 aliphatic rings. The zero-order valence-electron chi connectivity index (χ0n) is 58.4. The maximum Gasteiger partial charge on any atom is 0.0594 e. The SMILES string of the molecule is CC.CC.CC.CC.CC.CC.CC.CC(C)(C)C1CCCC1.CC(C)(C)C1CCNCC1.CC(C)(C)N1CCCC1.CC(C)(C)N1CCOCC1.CC(C)(C)c1cccc2c1CCNC2.CC(C)(C)c1ccncc1. The van der Waals surface area contributed by atoms with Gasteiger partial charge in [-0.05, 0) is 187 Å². The van der Waals surface area contributed by atoms with Crippen LogP contribution in [-0.4, -0.2) is 84.9 Å². The molecule has 0 bridgehead atoms. The summed E-state index contributed by atoms with van der Waals surface area (Å²) >= 11 is 0. The zero-order valence-corrected chi connectivity index (χ0v) is 58.4. The van der Waals surface area contributed by atoms with E-state index in [0.717, 1.165) is 51.2 Å². The summed E-state index contributed by atoms with van der Waals surface area (Å²) in [5.74, 6) is 1.95. The number of fused-ring (bicyclic) bond motifs is 1. The van der Waals surface area contributed by atoms with Crippen LogP contribution in [0.25, 0.3) is 0 Å². The predicted molar refractivity (Wildman–Crippen MR) is 352 cm³/mol. The maximum absolute atomic E-state index is 5.25. The summed E-state index contributed by atoms with van der Waals surface area (Å²) in [5, 5.41) is 6.81. The Balaban J connectivity index is -0.000000185. The average molecular weight is 1070 g/mol. The Morgan fingerprint density at radius 2 is 0.842 bits per heavy atom. The van der Waals surface area contributed by atoms with Gasteiger partial charge in [0, 0.05) is 43.1 Å². The molecule has 456 valence electrons. The summed E-state index contributed by atoms with van der Waals surface area (Å²) in [6.45, 7) is 80.4. The molecule has 1 saturated carbocycles. The van der Waals surface area contributed by atoms with Gasteiger partial charge in [-0.1, -0.05) is 211 Å². The normalized spacial score (nSPS) is 16.6. The molecule has 0 radical (unpaired) electrons. The van der Waals surface area contributed by atoms with Crippen molar-refractivity contribution in [2.75, 3.05) is 59.0 Å². The third kappa shape index (κ3) is 42.1. The Kier molecular flexibility index (Phi) is 55.1. The van der Waals surface area contributed by atoms with Crippen LogP contribution in [0.2, 0.25) is 0 Å². The fraction of sp³-hybridized carbons (Fsp3) is 0.843. The lowest BCUT2D eigenvalue weighted by atomic mass is 9.76. The summed E-state index contributed by atoms with van der Waals surface area (Å²) in [6, 6.07) is 10.8. The second kappa shape index (κ2) is 49.0. The number of hydrogen-bond donors (Lipinski definition) is 2. The van der Waals surface area contributed by atoms with Gasteiger partial charge in [0.25, 0.3) is 0 Å². The van der Waals surface area contributed by atoms with Crippen LogP contribution in [-0.2, 0) is 28.5 Å². The van der Waals surface area contributed by atoms with Crippen LogP contribution in [0.15, 0.2) is 42.7 Å². The highest BCUT2D eigenvalue weighted by Crippen LogP contribution is 2.39. The number of nitrogens with zero attached hydrogens (tertiary/aromatic N) is 3. The third-order valence-corrected chi connectivity index (χ3v) is 13.7. The van der Waals surface area contributed by atoms with E-state index < -0.39 is 0 Å². The standard InChI is InChI=1S/C13H19N.C9H19N.C9H13N.C9H18.C8H17NO.C8H17N.7C2H6/c1-13(2,3)12-6-4-5-10-9-14-8-7-11(10)12;2*1-9(2,3)8-4-6-10-7-5-8;1-9(2,3)8-6-4-5-7-8;1-8(2,3)9-4-6-10-7-5-9;1-8(2,3)9-6-4-5-7-9;7*1-2/h4-6,14H,7-9H2,1-3H3;8,10H,4-7H2,1-3H3;4-7H,1-3H3;8H,4-7H2,1-3H3;4-7H2,1-3H3;4-7H2,1-3H3;7*1-2H3. The van der Waals surface area contributed by atoms with E-state index in [1.807, 2.05) is 109 Å². The molecule has 76 heavy (non-hydrogen) atoms. The Hall–Kier alpha value is -1.83. The largest absolute Gasteiger partial charge is 0.379 e. The van der Waals surface area contributed by atoms with Crippen LogP contribution in [0.3, 0.4) is 0 Å². The molecule has 6 nitrogen and oxygen atoms in total. The van der Waals surface area contributed by atoms with E-state index >= 15 is 0 Å². The molecular weight excluding hydrogens is 927 g/mol. The van der Waals surface area contributed by atoms with Crippen molar-refractivity contribution in [2.45, 2.75) is 308 Å². The molecule has 4 fully saturated rings. The number of pyridine rings is 1. The molecule has 1 aromatic carbocycles. The minimum Gasteiger partial charge on any atom is -0.379 e. The highest BCUT2D eigenvalue weighted by Gasteiger charge is 2.28. The topological polar surface area (TPSA) is 52.7 Å². The summed E-state index contributed by atoms with van der Waals surface area (Å²) in [4.78, 5) is 8.96. The van der Waals surface area contributed by atoms with Gasteiger partial charge in [0.05, 0.1) is 13.2 Å². The Morgan fingerprint density at radius 3 is 1.14 bits per heavy atom. The molecule has 6 heteroatoms. The van der Waals surface area contributed by atoms with E-state index in [4.69, 9.17) is 4.74 Å². The lowest BCUT2D eigenvalue weighted by molar-refractivity contribution is -0.00389. The monoisotopic (exact) mass is 1070 g/mol. The van der Waals surface area contributed by atoms with Crippen molar-refractivity contribution in [1.82, 2.24) is 25.4 Å². The van der Waals surface area contributed by atoms with Gasteiger partial charge in [-0.25, -0.2) is 0 Å². The van der Waals surface area contributed by atoms with E-state index in [9.17, 15) is 0 Å². The van der Waals surface area contributed by atoms with Crippen molar-refractivity contribution in [3.05, 3.63) is 65.0 Å². The lowest BCUT2D eigenvalue weighted by Crippen LogP contribution is -2.47. The van der Waals surface area contributed by atoms with Crippen LogP contribution in [0.4, 0.5) is 0 Å². The van der Waals surface area contributed by atoms with Gasteiger partial charge in [0.1, 0.15) is 0 Å². The van der Waals surface area contributed by atoms with Crippen LogP contribution in [0.5, 0.6) is 0 Å². The fourth-order valence-corrected chi connectivity index (χ4v) is 9.19. The van der Waals surface area contributed by atoms with Crippen LogP contribution in [0, 0.1) is 22.7 Å². The summed E-state index contributed by atoms with van der Waals surface area (Å²) in [5.41, 5.74) is 8.31. The first kappa shape index (κ1) is 85.4. The molecule has 0 amide bonds. The first-order valence-electron chi connectivity index (χ1n) is 32.1. The van der Waals surface area contributed by atoms with Crippen LogP contribution >= 0.6 is 0 Å². The van der Waals surface area contributed by atoms with Gasteiger partial charge in [-0.2, -0.15) is 0 Å². The molecule has 7 rings (SSSR count). The number of benzene rings is 1. The summed E-state index contributed by atoms with van der Waals surface area (Å²) in [6.07, 6.45) is 16.3. The van der Waals surface area contributed by atoms with Gasteiger partial charge < -0.3 is 15.4 Å². The molecule has 1 aromatic heterocycles. The first-order valence-corrected chi connectivity index (χ1v) is 32.1. The van der Waals surface area contributed by atoms with E-state index in [2.05, 4.69) is 180 Å². The van der Waals surface area contributed by atoms with E-state index in [1.165, 1.54) is 101 Å². The zero-order chi connectivity index (χ0) is 60.8. The molecule has 0 spiro atoms. The number of hydrogen-bond acceptors (Lipinski definition) is 6. The number of nitrogens with one attached hydrogen (secondary N) is 2. The number of rotatable bonds is 0. The Bertz CT molecular complexity index is 1400. The van der Waals surface area contributed by atoms with Crippen molar-refractivity contribution < 1.29 is 4.74 Å². The lowest BCUT2D eigenvalue weighted by Gasteiger charge is -2.38. The predicted octanol–water partition coefficient (Wildman–Crippen LogP) is 20.4. The van der Waals surface area contributed by atoms with E-state index in [-0.39, 0.29) is 10.8 Å². The molecule has 3 saturated heterocycles. The van der Waals surface area contributed by atoms with Crippen molar-refractivity contribution >= 4 is 0 Å². The minimum atomic E-state index is 0.253. The number of ether oxygens (including phenoxy) is 1. The van der Waals surface area contributed by atoms with Gasteiger partial charge in [0.2, 0.25) is 0 Å². The second-order valence-electron chi connectivity index (χ2n) is 25.0. The van der Waals surface area contributed by atoms with Crippen molar-refractivity contribution in [3.8, 4) is 0 Å². The number of aromatic nitrogens is 1. The molecular formula is C70H145N5O. The number of morpholine rings is 1. The molecule has 0 atom stereocenters. The van der Waals surface area contributed by atoms with Gasteiger partial charge in [0.15, 0.2) is 0 Å². The first-order chi connectivity index (χ1) is 35.6. The third-order valence-electron chi connectivity index (χ3n) is 13.7. The van der Waals surface area contributed by atoms with Crippen LogP contribution in [0.1, 0.15) is 295 Å². The molecule has 2 N–H and O–H groups in total. The molecule has 1 aliphatic carbocycles. The molecule has 5 heterocycles. The maximum atomic E-state index is 5.25. The summed E-state index contributed by atoms with van der Waals surface area (Å²) in [7, 11) is 0. The smallest absolute Gasteiger partial charge is 0.0594 e. The molecule has 0 unspecified atom stereocenters. The van der Waals surface area contributed by atoms with E-state index in [0.29, 0.717) is 21.9 Å². The molecule has 2 aromatic rings. The Morgan fingerprint density at radius 1 is 0.447 bits per heavy atom. The highest BCUT2D eigenvalue weighted by molar-refractivity contribution is 5.40.